The highest BCUT2D eigenvalue weighted by Gasteiger charge is 2.28. The molecule has 102 valence electrons. The van der Waals surface area contributed by atoms with Gasteiger partial charge in [0.1, 0.15) is 5.69 Å². The Hall–Kier alpha value is -2.63. The van der Waals surface area contributed by atoms with Crippen LogP contribution < -0.4 is 11.5 Å². The minimum Gasteiger partial charge on any atom is -0.370 e. The predicted molar refractivity (Wildman–Crippen MR) is 75.7 cm³/mol. The number of aryl methyl sites for hydroxylation is 2. The Labute approximate surface area is 115 Å². The van der Waals surface area contributed by atoms with E-state index in [-0.39, 0.29) is 11.7 Å². The lowest BCUT2D eigenvalue weighted by Crippen LogP contribution is -2.25. The monoisotopic (exact) mass is 270 g/mol. The first-order valence-corrected chi connectivity index (χ1v) is 6.28. The van der Waals surface area contributed by atoms with Crippen molar-refractivity contribution >= 4 is 28.6 Å². The van der Waals surface area contributed by atoms with Crippen LogP contribution in [0.25, 0.3) is 10.9 Å². The minimum atomic E-state index is -0.473. The van der Waals surface area contributed by atoms with Crippen molar-refractivity contribution in [2.24, 2.45) is 23.5 Å². The second-order valence-electron chi connectivity index (χ2n) is 4.85. The van der Waals surface area contributed by atoms with Gasteiger partial charge in [-0.1, -0.05) is 12.1 Å². The molecule has 1 amide bonds. The Morgan fingerprint density at radius 1 is 1.30 bits per heavy atom. The van der Waals surface area contributed by atoms with Crippen LogP contribution in [0.4, 0.5) is 0 Å². The number of carbonyl (C=O) groups is 2. The number of amides is 1. The molecule has 1 aliphatic carbocycles. The lowest BCUT2D eigenvalue weighted by Gasteiger charge is -2.11. The van der Waals surface area contributed by atoms with E-state index in [1.807, 2.05) is 12.1 Å². The van der Waals surface area contributed by atoms with Crippen LogP contribution in [0.2, 0.25) is 0 Å². The Bertz CT molecular complexity index is 782. The van der Waals surface area contributed by atoms with Crippen molar-refractivity contribution in [3.8, 4) is 0 Å². The van der Waals surface area contributed by atoms with Gasteiger partial charge in [0.15, 0.2) is 11.7 Å². The van der Waals surface area contributed by atoms with Gasteiger partial charge in [-0.05, 0) is 18.1 Å². The Morgan fingerprint density at radius 2 is 2.05 bits per heavy atom. The van der Waals surface area contributed by atoms with Crippen molar-refractivity contribution in [3.05, 3.63) is 35.0 Å². The summed E-state index contributed by atoms with van der Waals surface area (Å²) in [5, 5.41) is 0.848. The fourth-order valence-corrected chi connectivity index (χ4v) is 2.87. The third-order valence-electron chi connectivity index (χ3n) is 3.66. The molecule has 0 aliphatic heterocycles. The summed E-state index contributed by atoms with van der Waals surface area (Å²) in [5.74, 6) is -0.631. The van der Waals surface area contributed by atoms with E-state index in [2.05, 4.69) is 4.99 Å². The molecule has 1 aromatic carbocycles. The molecule has 0 spiro atoms. The smallest absolute Gasteiger partial charge is 0.297 e. The highest BCUT2D eigenvalue weighted by atomic mass is 16.1. The maximum atomic E-state index is 12.2. The summed E-state index contributed by atoms with van der Waals surface area (Å²) in [5.41, 5.74) is 13.4. The molecule has 3 rings (SSSR count). The maximum absolute atomic E-state index is 12.2. The Balaban J connectivity index is 2.36. The predicted octanol–water partition coefficient (Wildman–Crippen LogP) is 0.721. The van der Waals surface area contributed by atoms with Crippen molar-refractivity contribution in [2.75, 3.05) is 0 Å². The maximum Gasteiger partial charge on any atom is 0.297 e. The van der Waals surface area contributed by atoms with Gasteiger partial charge in [0.25, 0.3) is 5.91 Å². The first kappa shape index (κ1) is 12.4. The number of rotatable bonds is 1. The number of guanidine groups is 1. The number of hydrogen-bond acceptors (Lipinski definition) is 2. The molecule has 1 aliphatic rings. The van der Waals surface area contributed by atoms with Crippen molar-refractivity contribution in [1.82, 2.24) is 4.57 Å². The van der Waals surface area contributed by atoms with E-state index >= 15 is 0 Å². The molecule has 1 heterocycles. The molecule has 6 nitrogen and oxygen atoms in total. The number of ketones is 1. The number of aliphatic imine (C=N–C) groups is 1. The van der Waals surface area contributed by atoms with Crippen LogP contribution in [0, 0.1) is 0 Å². The topological polar surface area (TPSA) is 103 Å². The van der Waals surface area contributed by atoms with E-state index in [9.17, 15) is 9.59 Å². The van der Waals surface area contributed by atoms with Crippen LogP contribution in [-0.2, 0) is 13.5 Å². The zero-order valence-corrected chi connectivity index (χ0v) is 11.0. The normalized spacial score (nSPS) is 13.6. The van der Waals surface area contributed by atoms with Crippen LogP contribution in [0.15, 0.2) is 23.2 Å². The zero-order valence-electron chi connectivity index (χ0n) is 11.0. The van der Waals surface area contributed by atoms with E-state index < -0.39 is 5.91 Å². The van der Waals surface area contributed by atoms with Crippen LogP contribution in [0.5, 0.6) is 0 Å². The van der Waals surface area contributed by atoms with Crippen molar-refractivity contribution < 1.29 is 9.59 Å². The number of Topliss-reactive ketones (excluding diaryl/α,β-unsaturated/α-hetero) is 1. The molecule has 0 atom stereocenters. The average Bonchev–Trinajstić information content (AvgIpc) is 2.68. The van der Waals surface area contributed by atoms with Crippen molar-refractivity contribution in [3.63, 3.8) is 0 Å². The molecule has 4 N–H and O–H groups in total. The van der Waals surface area contributed by atoms with Gasteiger partial charge in [0.05, 0.1) is 0 Å². The lowest BCUT2D eigenvalue weighted by atomic mass is 9.90. The molecule has 1 aromatic heterocycles. The van der Waals surface area contributed by atoms with Gasteiger partial charge in [-0.2, -0.15) is 4.99 Å². The van der Waals surface area contributed by atoms with Gasteiger partial charge < -0.3 is 16.0 Å². The molecule has 0 saturated carbocycles. The van der Waals surface area contributed by atoms with Gasteiger partial charge in [0.2, 0.25) is 0 Å². The van der Waals surface area contributed by atoms with Crippen LogP contribution >= 0.6 is 0 Å². The molecule has 20 heavy (non-hydrogen) atoms. The third kappa shape index (κ3) is 1.61. The lowest BCUT2D eigenvalue weighted by molar-refractivity contribution is 0.0971. The van der Waals surface area contributed by atoms with Gasteiger partial charge >= 0.3 is 0 Å². The molecule has 0 radical (unpaired) electrons. The van der Waals surface area contributed by atoms with Gasteiger partial charge in [-0.25, -0.2) is 0 Å². The number of benzene rings is 1. The molecule has 0 saturated heterocycles. The first-order chi connectivity index (χ1) is 9.50. The van der Waals surface area contributed by atoms with E-state index in [1.165, 1.54) is 0 Å². The summed E-state index contributed by atoms with van der Waals surface area (Å²) in [6.45, 7) is 0. The van der Waals surface area contributed by atoms with Crippen LogP contribution in [0.3, 0.4) is 0 Å². The summed E-state index contributed by atoms with van der Waals surface area (Å²) in [7, 11) is 1.78. The number of aromatic nitrogens is 1. The number of nitrogens with zero attached hydrogens (tertiary/aromatic N) is 2. The minimum absolute atomic E-state index is 0.106. The number of nitrogens with two attached hydrogens (primary N) is 2. The molecule has 2 aromatic rings. The van der Waals surface area contributed by atoms with Crippen molar-refractivity contribution in [2.45, 2.75) is 12.8 Å². The molecule has 0 bridgehead atoms. The van der Waals surface area contributed by atoms with E-state index in [4.69, 9.17) is 11.5 Å². The Morgan fingerprint density at radius 3 is 2.75 bits per heavy atom. The zero-order chi connectivity index (χ0) is 14.4. The van der Waals surface area contributed by atoms with E-state index in [0.717, 1.165) is 16.5 Å². The molecular weight excluding hydrogens is 256 g/mol. The number of carbonyl (C=O) groups excluding carboxylic acids is 2. The quantitative estimate of drug-likeness (QED) is 0.588. The Kier molecular flexibility index (Phi) is 2.60. The largest absolute Gasteiger partial charge is 0.370 e. The molecule has 0 fully saturated rings. The second kappa shape index (κ2) is 4.19. The summed E-state index contributed by atoms with van der Waals surface area (Å²) in [6.07, 6.45) is 0.937. The van der Waals surface area contributed by atoms with Crippen LogP contribution in [0.1, 0.15) is 32.8 Å². The average molecular weight is 270 g/mol. The van der Waals surface area contributed by atoms with Crippen molar-refractivity contribution in [1.29, 1.82) is 0 Å². The summed E-state index contributed by atoms with van der Waals surface area (Å²) >= 11 is 0. The standard InChI is InChI=1S/C14H14N4O2/c1-18-9-4-2-3-7-10(19)6-5-8(11(7)9)12(18)13(20)17-14(15)16/h2-4H,5-6H2,1H3,(H4,15,16,17,20). The summed E-state index contributed by atoms with van der Waals surface area (Å²) in [6, 6.07) is 5.49. The SMILES string of the molecule is Cn1c(C(=O)N=C(N)N)c2c3c(cccc31)C(=O)CC2. The first-order valence-electron chi connectivity index (χ1n) is 6.28. The highest BCUT2D eigenvalue weighted by Crippen LogP contribution is 2.34. The summed E-state index contributed by atoms with van der Waals surface area (Å²) in [4.78, 5) is 27.8. The van der Waals surface area contributed by atoms with Gasteiger partial charge in [0, 0.05) is 29.9 Å². The van der Waals surface area contributed by atoms with Crippen LogP contribution in [-0.4, -0.2) is 22.2 Å². The molecule has 6 heteroatoms. The molecular formula is C14H14N4O2. The highest BCUT2D eigenvalue weighted by molar-refractivity contribution is 6.15. The van der Waals surface area contributed by atoms with E-state index in [0.29, 0.717) is 24.1 Å². The number of hydrogen-bond donors (Lipinski definition) is 2. The van der Waals surface area contributed by atoms with Gasteiger partial charge in [-0.3, -0.25) is 9.59 Å². The second-order valence-corrected chi connectivity index (χ2v) is 4.85. The van der Waals surface area contributed by atoms with E-state index in [1.54, 1.807) is 17.7 Å². The fourth-order valence-electron chi connectivity index (χ4n) is 2.87. The summed E-state index contributed by atoms with van der Waals surface area (Å²) < 4.78 is 1.75. The third-order valence-corrected chi connectivity index (χ3v) is 3.66. The fraction of sp³-hybridized carbons (Fsp3) is 0.214. The van der Waals surface area contributed by atoms with Gasteiger partial charge in [-0.15, -0.1) is 0 Å². The molecule has 0 unspecified atom stereocenters.